The average molecular weight is 365 g/mol. The summed E-state index contributed by atoms with van der Waals surface area (Å²) in [7, 11) is 2.15. The van der Waals surface area contributed by atoms with E-state index in [4.69, 9.17) is 0 Å². The van der Waals surface area contributed by atoms with Crippen LogP contribution in [0.3, 0.4) is 0 Å². The summed E-state index contributed by atoms with van der Waals surface area (Å²) >= 11 is 0. The quantitative estimate of drug-likeness (QED) is 0.265. The lowest BCUT2D eigenvalue weighted by Crippen LogP contribution is -2.24. The largest absolute Gasteiger partial charge is 0.286 e. The molecule has 0 aromatic carbocycles. The maximum absolute atomic E-state index is 4.14. The Bertz CT molecular complexity index is 378. The first-order valence-electron chi connectivity index (χ1n) is 11.4. The Labute approximate surface area is 162 Å². The smallest absolute Gasteiger partial charge is 0.113 e. The highest BCUT2D eigenvalue weighted by Crippen LogP contribution is 2.13. The molecule has 1 aromatic rings. The van der Waals surface area contributed by atoms with Crippen LogP contribution in [-0.2, 0) is 6.67 Å². The summed E-state index contributed by atoms with van der Waals surface area (Å²) in [5.74, 6) is 0. The molecule has 0 saturated carbocycles. The van der Waals surface area contributed by atoms with Crippen molar-refractivity contribution in [2.45, 2.75) is 116 Å². The third kappa shape index (κ3) is 14.3. The maximum atomic E-state index is 4.14. The molecule has 4 nitrogen and oxygen atoms in total. The van der Waals surface area contributed by atoms with Gasteiger partial charge in [-0.05, 0) is 20.0 Å². The molecule has 26 heavy (non-hydrogen) atoms. The highest BCUT2D eigenvalue weighted by atomic mass is 15.5. The molecule has 0 saturated heterocycles. The number of hydrogen-bond donors (Lipinski definition) is 0. The van der Waals surface area contributed by atoms with Crippen LogP contribution in [0.4, 0.5) is 0 Å². The fourth-order valence-corrected chi connectivity index (χ4v) is 3.53. The topological polar surface area (TPSA) is 34.0 Å². The molecule has 0 aliphatic carbocycles. The van der Waals surface area contributed by atoms with Gasteiger partial charge in [0, 0.05) is 0 Å². The molecule has 4 heteroatoms. The zero-order chi connectivity index (χ0) is 18.7. The van der Waals surface area contributed by atoms with E-state index < -0.39 is 0 Å². The maximum Gasteiger partial charge on any atom is 0.113 e. The molecule has 0 radical (unpaired) electrons. The molecule has 0 atom stereocenters. The second kappa shape index (κ2) is 17.5. The second-order valence-corrected chi connectivity index (χ2v) is 7.93. The van der Waals surface area contributed by atoms with Crippen molar-refractivity contribution < 1.29 is 0 Å². The van der Waals surface area contributed by atoms with Gasteiger partial charge in [-0.3, -0.25) is 4.90 Å². The van der Waals surface area contributed by atoms with E-state index in [1.54, 1.807) is 17.2 Å². The van der Waals surface area contributed by atoms with Gasteiger partial charge in [-0.2, -0.15) is 15.0 Å². The Morgan fingerprint density at radius 1 is 0.615 bits per heavy atom. The van der Waals surface area contributed by atoms with Crippen molar-refractivity contribution in [3.8, 4) is 0 Å². The highest BCUT2D eigenvalue weighted by Gasteiger charge is 2.00. The first kappa shape index (κ1) is 23.1. The molecule has 0 fully saturated rings. The van der Waals surface area contributed by atoms with Crippen LogP contribution in [0.1, 0.15) is 110 Å². The molecule has 0 aliphatic heterocycles. The van der Waals surface area contributed by atoms with E-state index in [1.165, 1.54) is 103 Å². The van der Waals surface area contributed by atoms with Crippen LogP contribution < -0.4 is 0 Å². The first-order chi connectivity index (χ1) is 12.8. The predicted octanol–water partition coefficient (Wildman–Crippen LogP) is 6.43. The molecule has 0 unspecified atom stereocenters. The fraction of sp³-hybridized carbons (Fsp3) is 0.909. The number of nitrogens with zero attached hydrogens (tertiary/aromatic N) is 4. The van der Waals surface area contributed by atoms with E-state index in [2.05, 4.69) is 29.1 Å². The van der Waals surface area contributed by atoms with Crippen molar-refractivity contribution in [3.05, 3.63) is 12.4 Å². The Balaban J connectivity index is 1.72. The molecule has 0 aliphatic rings. The summed E-state index contributed by atoms with van der Waals surface area (Å²) in [4.78, 5) is 4.04. The molecule has 0 N–H and O–H groups in total. The van der Waals surface area contributed by atoms with Crippen LogP contribution in [0, 0.1) is 0 Å². The van der Waals surface area contributed by atoms with E-state index in [1.807, 2.05) is 0 Å². The zero-order valence-electron chi connectivity index (χ0n) is 17.7. The zero-order valence-corrected chi connectivity index (χ0v) is 17.7. The standard InChI is InChI=1S/C22H44N4/c1-3-4-5-6-7-8-9-10-11-12-13-14-15-16-17-18-21-25(2)22-26-23-19-20-24-26/h19-20H,3-18,21-22H2,1-2H3. The van der Waals surface area contributed by atoms with Crippen LogP contribution in [0.5, 0.6) is 0 Å². The summed E-state index contributed by atoms with van der Waals surface area (Å²) in [5, 5.41) is 8.29. The molecule has 1 aromatic heterocycles. The lowest BCUT2D eigenvalue weighted by atomic mass is 10.0. The van der Waals surface area contributed by atoms with Crippen molar-refractivity contribution >= 4 is 0 Å². The van der Waals surface area contributed by atoms with E-state index >= 15 is 0 Å². The SMILES string of the molecule is CCCCCCCCCCCCCCCCCCN(C)Cn1nccn1. The summed E-state index contributed by atoms with van der Waals surface area (Å²) in [6, 6.07) is 0. The van der Waals surface area contributed by atoms with Crippen LogP contribution in [0.25, 0.3) is 0 Å². The summed E-state index contributed by atoms with van der Waals surface area (Å²) in [6.07, 6.45) is 26.3. The van der Waals surface area contributed by atoms with Crippen molar-refractivity contribution in [1.82, 2.24) is 19.9 Å². The number of hydrogen-bond acceptors (Lipinski definition) is 3. The Hall–Kier alpha value is -0.900. The summed E-state index contributed by atoms with van der Waals surface area (Å²) in [6.45, 7) is 4.23. The normalized spacial score (nSPS) is 11.5. The third-order valence-electron chi connectivity index (χ3n) is 5.23. The fourth-order valence-electron chi connectivity index (χ4n) is 3.53. The lowest BCUT2D eigenvalue weighted by molar-refractivity contribution is 0.232. The highest BCUT2D eigenvalue weighted by molar-refractivity contribution is 4.60. The van der Waals surface area contributed by atoms with Gasteiger partial charge in [0.1, 0.15) is 6.67 Å². The van der Waals surface area contributed by atoms with Gasteiger partial charge in [-0.25, -0.2) is 0 Å². The predicted molar refractivity (Wildman–Crippen MR) is 112 cm³/mol. The van der Waals surface area contributed by atoms with Crippen LogP contribution in [-0.4, -0.2) is 33.5 Å². The minimum Gasteiger partial charge on any atom is -0.286 e. The monoisotopic (exact) mass is 364 g/mol. The lowest BCUT2D eigenvalue weighted by Gasteiger charge is -2.15. The van der Waals surface area contributed by atoms with Gasteiger partial charge in [0.2, 0.25) is 0 Å². The minimum absolute atomic E-state index is 0.797. The third-order valence-corrected chi connectivity index (χ3v) is 5.23. The summed E-state index contributed by atoms with van der Waals surface area (Å²) in [5.41, 5.74) is 0. The number of unbranched alkanes of at least 4 members (excludes halogenated alkanes) is 15. The van der Waals surface area contributed by atoms with Gasteiger partial charge >= 0.3 is 0 Å². The molecule has 0 spiro atoms. The van der Waals surface area contributed by atoms with Crippen LogP contribution in [0.2, 0.25) is 0 Å². The molecule has 0 bridgehead atoms. The molecular formula is C22H44N4. The molecule has 0 amide bonds. The van der Waals surface area contributed by atoms with Gasteiger partial charge in [-0.1, -0.05) is 103 Å². The van der Waals surface area contributed by atoms with Crippen molar-refractivity contribution in [3.63, 3.8) is 0 Å². The Morgan fingerprint density at radius 3 is 1.42 bits per heavy atom. The van der Waals surface area contributed by atoms with Gasteiger partial charge < -0.3 is 0 Å². The Morgan fingerprint density at radius 2 is 1.00 bits per heavy atom. The molecule has 152 valence electrons. The Kier molecular flexibility index (Phi) is 15.6. The van der Waals surface area contributed by atoms with Crippen molar-refractivity contribution in [2.24, 2.45) is 0 Å². The number of aromatic nitrogens is 3. The van der Waals surface area contributed by atoms with Crippen LogP contribution >= 0.6 is 0 Å². The van der Waals surface area contributed by atoms with Crippen LogP contribution in [0.15, 0.2) is 12.4 Å². The van der Waals surface area contributed by atoms with Crippen molar-refractivity contribution in [2.75, 3.05) is 13.6 Å². The van der Waals surface area contributed by atoms with E-state index in [-0.39, 0.29) is 0 Å². The van der Waals surface area contributed by atoms with Gasteiger partial charge in [0.15, 0.2) is 0 Å². The van der Waals surface area contributed by atoms with E-state index in [9.17, 15) is 0 Å². The van der Waals surface area contributed by atoms with Gasteiger partial charge in [0.05, 0.1) is 12.4 Å². The van der Waals surface area contributed by atoms with E-state index in [0.717, 1.165) is 13.2 Å². The summed E-state index contributed by atoms with van der Waals surface area (Å²) < 4.78 is 0. The number of rotatable bonds is 19. The van der Waals surface area contributed by atoms with Gasteiger partial charge in [-0.15, -0.1) is 0 Å². The second-order valence-electron chi connectivity index (χ2n) is 7.93. The van der Waals surface area contributed by atoms with Gasteiger partial charge in [0.25, 0.3) is 0 Å². The average Bonchev–Trinajstić information content (AvgIpc) is 3.14. The van der Waals surface area contributed by atoms with Crippen molar-refractivity contribution in [1.29, 1.82) is 0 Å². The molecule has 1 heterocycles. The molecule has 1 rings (SSSR count). The first-order valence-corrected chi connectivity index (χ1v) is 11.4. The minimum atomic E-state index is 0.797. The molecular weight excluding hydrogens is 320 g/mol. The van der Waals surface area contributed by atoms with E-state index in [0.29, 0.717) is 0 Å².